The van der Waals surface area contributed by atoms with Crippen molar-refractivity contribution in [3.63, 3.8) is 0 Å². The molecular formula is C12H17NO3S. The van der Waals surface area contributed by atoms with E-state index in [1.807, 2.05) is 17.5 Å². The Kier molecular flexibility index (Phi) is 4.15. The summed E-state index contributed by atoms with van der Waals surface area (Å²) in [6.45, 7) is 1.45. The van der Waals surface area contributed by atoms with E-state index in [4.69, 9.17) is 4.74 Å². The predicted octanol–water partition coefficient (Wildman–Crippen LogP) is 0.948. The molecule has 94 valence electrons. The van der Waals surface area contributed by atoms with Gasteiger partial charge in [-0.05, 0) is 11.4 Å². The quantitative estimate of drug-likeness (QED) is 0.842. The van der Waals surface area contributed by atoms with Gasteiger partial charge in [0.25, 0.3) is 0 Å². The van der Waals surface area contributed by atoms with Crippen molar-refractivity contribution in [2.24, 2.45) is 0 Å². The fourth-order valence-corrected chi connectivity index (χ4v) is 2.53. The van der Waals surface area contributed by atoms with Crippen molar-refractivity contribution in [3.05, 3.63) is 22.4 Å². The molecule has 2 heterocycles. The van der Waals surface area contributed by atoms with Crippen LogP contribution in [0.1, 0.15) is 17.7 Å². The Morgan fingerprint density at radius 3 is 2.94 bits per heavy atom. The van der Waals surface area contributed by atoms with Crippen LogP contribution in [0.2, 0.25) is 0 Å². The van der Waals surface area contributed by atoms with Crippen LogP contribution in [0.25, 0.3) is 0 Å². The highest BCUT2D eigenvalue weighted by Crippen LogP contribution is 2.19. The fourth-order valence-electron chi connectivity index (χ4n) is 1.83. The van der Waals surface area contributed by atoms with Crippen LogP contribution in [-0.2, 0) is 16.0 Å². The van der Waals surface area contributed by atoms with Crippen LogP contribution in [-0.4, -0.2) is 36.4 Å². The SMILES string of the molecule is O=C(Cc1cccs1)NCC1(O)CCOCC1. The molecule has 0 aromatic carbocycles. The van der Waals surface area contributed by atoms with Crippen molar-refractivity contribution >= 4 is 17.2 Å². The lowest BCUT2D eigenvalue weighted by molar-refractivity contribution is -0.123. The molecule has 1 aromatic heterocycles. The number of hydrogen-bond acceptors (Lipinski definition) is 4. The molecule has 0 atom stereocenters. The van der Waals surface area contributed by atoms with Gasteiger partial charge in [-0.1, -0.05) is 6.07 Å². The average molecular weight is 255 g/mol. The highest BCUT2D eigenvalue weighted by atomic mass is 32.1. The third-order valence-electron chi connectivity index (χ3n) is 2.95. The first kappa shape index (κ1) is 12.5. The predicted molar refractivity (Wildman–Crippen MR) is 66.0 cm³/mol. The zero-order chi connectivity index (χ0) is 12.1. The summed E-state index contributed by atoms with van der Waals surface area (Å²) in [6.07, 6.45) is 1.57. The summed E-state index contributed by atoms with van der Waals surface area (Å²) in [6, 6.07) is 3.87. The highest BCUT2D eigenvalue weighted by molar-refractivity contribution is 7.10. The first-order valence-electron chi connectivity index (χ1n) is 5.77. The first-order chi connectivity index (χ1) is 8.18. The second-order valence-electron chi connectivity index (χ2n) is 4.37. The van der Waals surface area contributed by atoms with Crippen molar-refractivity contribution in [2.45, 2.75) is 24.9 Å². The summed E-state index contributed by atoms with van der Waals surface area (Å²) in [7, 11) is 0. The van der Waals surface area contributed by atoms with Gasteiger partial charge in [0, 0.05) is 37.5 Å². The molecule has 0 spiro atoms. The molecule has 5 heteroatoms. The maximum atomic E-state index is 11.6. The third-order valence-corrected chi connectivity index (χ3v) is 3.83. The monoisotopic (exact) mass is 255 g/mol. The van der Waals surface area contributed by atoms with E-state index in [2.05, 4.69) is 5.32 Å². The van der Waals surface area contributed by atoms with Crippen LogP contribution in [0.4, 0.5) is 0 Å². The lowest BCUT2D eigenvalue weighted by Crippen LogP contribution is -2.46. The molecule has 2 N–H and O–H groups in total. The average Bonchev–Trinajstić information content (AvgIpc) is 2.80. The first-order valence-corrected chi connectivity index (χ1v) is 6.65. The van der Waals surface area contributed by atoms with Crippen molar-refractivity contribution in [2.75, 3.05) is 19.8 Å². The van der Waals surface area contributed by atoms with Crippen molar-refractivity contribution in [1.29, 1.82) is 0 Å². The van der Waals surface area contributed by atoms with Gasteiger partial charge in [0.2, 0.25) is 5.91 Å². The van der Waals surface area contributed by atoms with Crippen LogP contribution in [0.3, 0.4) is 0 Å². The van der Waals surface area contributed by atoms with Gasteiger partial charge in [-0.2, -0.15) is 0 Å². The summed E-state index contributed by atoms with van der Waals surface area (Å²) in [5.74, 6) is -0.0348. The van der Waals surface area contributed by atoms with E-state index in [1.165, 1.54) is 0 Å². The van der Waals surface area contributed by atoms with Gasteiger partial charge in [0.15, 0.2) is 0 Å². The summed E-state index contributed by atoms with van der Waals surface area (Å²) >= 11 is 1.57. The van der Waals surface area contributed by atoms with Gasteiger partial charge in [0.1, 0.15) is 0 Å². The Bertz CT molecular complexity index is 358. The summed E-state index contributed by atoms with van der Waals surface area (Å²) in [5, 5.41) is 14.9. The van der Waals surface area contributed by atoms with Crippen LogP contribution >= 0.6 is 11.3 Å². The minimum atomic E-state index is -0.788. The van der Waals surface area contributed by atoms with Gasteiger partial charge in [-0.25, -0.2) is 0 Å². The number of carbonyl (C=O) groups excluding carboxylic acids is 1. The molecule has 1 aromatic rings. The normalized spacial score (nSPS) is 18.9. The van der Waals surface area contributed by atoms with Crippen molar-refractivity contribution in [3.8, 4) is 0 Å². The van der Waals surface area contributed by atoms with Gasteiger partial charge < -0.3 is 15.2 Å². The van der Waals surface area contributed by atoms with Crippen LogP contribution < -0.4 is 5.32 Å². The molecule has 1 aliphatic heterocycles. The maximum absolute atomic E-state index is 11.6. The molecule has 0 saturated carbocycles. The Balaban J connectivity index is 1.75. The topological polar surface area (TPSA) is 58.6 Å². The smallest absolute Gasteiger partial charge is 0.225 e. The van der Waals surface area contributed by atoms with Crippen LogP contribution in [0.5, 0.6) is 0 Å². The fraction of sp³-hybridized carbons (Fsp3) is 0.583. The molecule has 1 aliphatic rings. The van der Waals surface area contributed by atoms with E-state index in [9.17, 15) is 9.90 Å². The molecule has 2 rings (SSSR count). The minimum absolute atomic E-state index is 0.0348. The van der Waals surface area contributed by atoms with Crippen molar-refractivity contribution < 1.29 is 14.6 Å². The molecule has 4 nitrogen and oxygen atoms in total. The molecular weight excluding hydrogens is 238 g/mol. The molecule has 0 bridgehead atoms. The lowest BCUT2D eigenvalue weighted by atomic mass is 9.94. The number of rotatable bonds is 4. The second kappa shape index (κ2) is 5.62. The van der Waals surface area contributed by atoms with Gasteiger partial charge in [0.05, 0.1) is 12.0 Å². The molecule has 17 heavy (non-hydrogen) atoms. The molecule has 0 radical (unpaired) electrons. The zero-order valence-electron chi connectivity index (χ0n) is 9.65. The Morgan fingerprint density at radius 2 is 2.29 bits per heavy atom. The highest BCUT2D eigenvalue weighted by Gasteiger charge is 2.29. The summed E-state index contributed by atoms with van der Waals surface area (Å²) < 4.78 is 5.19. The second-order valence-corrected chi connectivity index (χ2v) is 5.40. The molecule has 1 saturated heterocycles. The van der Waals surface area contributed by atoms with E-state index in [-0.39, 0.29) is 5.91 Å². The number of aliphatic hydroxyl groups is 1. The number of ether oxygens (including phenoxy) is 1. The van der Waals surface area contributed by atoms with E-state index in [1.54, 1.807) is 11.3 Å². The van der Waals surface area contributed by atoms with Gasteiger partial charge >= 0.3 is 0 Å². The summed E-state index contributed by atoms with van der Waals surface area (Å²) in [4.78, 5) is 12.7. The largest absolute Gasteiger partial charge is 0.388 e. The number of thiophene rings is 1. The van der Waals surface area contributed by atoms with Gasteiger partial charge in [-0.15, -0.1) is 11.3 Å². The summed E-state index contributed by atoms with van der Waals surface area (Å²) in [5.41, 5.74) is -0.788. The Labute approximate surface area is 105 Å². The number of hydrogen-bond donors (Lipinski definition) is 2. The van der Waals surface area contributed by atoms with Crippen LogP contribution in [0.15, 0.2) is 17.5 Å². The van der Waals surface area contributed by atoms with Crippen molar-refractivity contribution in [1.82, 2.24) is 5.32 Å². The molecule has 0 aliphatic carbocycles. The molecule has 0 unspecified atom stereocenters. The van der Waals surface area contributed by atoms with E-state index in [0.29, 0.717) is 39.0 Å². The minimum Gasteiger partial charge on any atom is -0.388 e. The Morgan fingerprint density at radius 1 is 1.53 bits per heavy atom. The number of carbonyl (C=O) groups is 1. The molecule has 1 amide bonds. The van der Waals surface area contributed by atoms with E-state index < -0.39 is 5.60 Å². The number of nitrogens with one attached hydrogen (secondary N) is 1. The Hall–Kier alpha value is -0.910. The van der Waals surface area contributed by atoms with Gasteiger partial charge in [-0.3, -0.25) is 4.79 Å². The maximum Gasteiger partial charge on any atom is 0.225 e. The van der Waals surface area contributed by atoms with Crippen LogP contribution in [0, 0.1) is 0 Å². The zero-order valence-corrected chi connectivity index (χ0v) is 10.5. The number of amides is 1. The standard InChI is InChI=1S/C12H17NO3S/c14-11(8-10-2-1-7-17-10)13-9-12(15)3-5-16-6-4-12/h1-2,7,15H,3-6,8-9H2,(H,13,14). The van der Waals surface area contributed by atoms with E-state index >= 15 is 0 Å². The molecule has 1 fully saturated rings. The third kappa shape index (κ3) is 3.80. The van der Waals surface area contributed by atoms with E-state index in [0.717, 1.165) is 4.88 Å². The lowest BCUT2D eigenvalue weighted by Gasteiger charge is -2.32.